The van der Waals surface area contributed by atoms with Gasteiger partial charge in [0, 0.05) is 28.8 Å². The van der Waals surface area contributed by atoms with Gasteiger partial charge in [0.2, 0.25) is 0 Å². The number of hydrogen-bond donors (Lipinski definition) is 0. The highest BCUT2D eigenvalue weighted by molar-refractivity contribution is 9.10. The number of nitrogens with zero attached hydrogens (tertiary/aromatic N) is 2. The van der Waals surface area contributed by atoms with Gasteiger partial charge >= 0.3 is 0 Å². The van der Waals surface area contributed by atoms with E-state index in [2.05, 4.69) is 26.9 Å². The number of aldehydes is 1. The van der Waals surface area contributed by atoms with Crippen molar-refractivity contribution < 1.29 is 4.79 Å². The number of halogens is 1. The van der Waals surface area contributed by atoms with Gasteiger partial charge in [-0.25, -0.2) is 0 Å². The Morgan fingerprint density at radius 2 is 2.31 bits per heavy atom. The van der Waals surface area contributed by atoms with E-state index in [0.29, 0.717) is 18.5 Å². The van der Waals surface area contributed by atoms with Crippen LogP contribution in [0.1, 0.15) is 23.7 Å². The van der Waals surface area contributed by atoms with Gasteiger partial charge < -0.3 is 4.90 Å². The van der Waals surface area contributed by atoms with Crippen LogP contribution in [0.3, 0.4) is 0 Å². The molecule has 3 nitrogen and oxygen atoms in total. The summed E-state index contributed by atoms with van der Waals surface area (Å²) >= 11 is 3.35. The molecule has 84 valence electrons. The molecule has 16 heavy (non-hydrogen) atoms. The SMILES string of the molecule is CCN(CCC#N)c1ccc(C=O)c(Br)c1. The Bertz CT molecular complexity index is 412. The predicted octanol–water partition coefficient (Wildman–Crippen LogP) is 3.00. The number of carbonyl (C=O) groups excluding carboxylic acids is 1. The Kier molecular flexibility index (Phi) is 5.00. The van der Waals surface area contributed by atoms with Crippen LogP contribution in [0.2, 0.25) is 0 Å². The van der Waals surface area contributed by atoms with Gasteiger partial charge in [-0.2, -0.15) is 5.26 Å². The Hall–Kier alpha value is -1.34. The standard InChI is InChI=1S/C12H13BrN2O/c1-2-15(7-3-6-14)11-5-4-10(9-16)12(13)8-11/h4-5,8-9H,2-3,7H2,1H3. The van der Waals surface area contributed by atoms with E-state index in [-0.39, 0.29) is 0 Å². The van der Waals surface area contributed by atoms with Gasteiger partial charge in [0.25, 0.3) is 0 Å². The van der Waals surface area contributed by atoms with E-state index in [1.807, 2.05) is 19.1 Å². The quantitative estimate of drug-likeness (QED) is 0.779. The zero-order chi connectivity index (χ0) is 12.0. The molecule has 0 aromatic heterocycles. The van der Waals surface area contributed by atoms with E-state index in [4.69, 9.17) is 5.26 Å². The van der Waals surface area contributed by atoms with Crippen LogP contribution in [0.4, 0.5) is 5.69 Å². The Morgan fingerprint density at radius 3 is 2.81 bits per heavy atom. The van der Waals surface area contributed by atoms with Gasteiger partial charge in [-0.3, -0.25) is 4.79 Å². The maximum Gasteiger partial charge on any atom is 0.151 e. The summed E-state index contributed by atoms with van der Waals surface area (Å²) in [6.45, 7) is 3.59. The topological polar surface area (TPSA) is 44.1 Å². The summed E-state index contributed by atoms with van der Waals surface area (Å²) in [6.07, 6.45) is 1.32. The molecule has 0 heterocycles. The third kappa shape index (κ3) is 3.07. The number of anilines is 1. The van der Waals surface area contributed by atoms with Crippen LogP contribution in [0, 0.1) is 11.3 Å². The smallest absolute Gasteiger partial charge is 0.151 e. The summed E-state index contributed by atoms with van der Waals surface area (Å²) < 4.78 is 0.787. The van der Waals surface area contributed by atoms with Crippen LogP contribution in [-0.2, 0) is 0 Å². The molecule has 1 aromatic rings. The van der Waals surface area contributed by atoms with Crippen molar-refractivity contribution in [3.8, 4) is 6.07 Å². The largest absolute Gasteiger partial charge is 0.371 e. The second-order valence-corrected chi connectivity index (χ2v) is 4.17. The highest BCUT2D eigenvalue weighted by atomic mass is 79.9. The molecule has 1 rings (SSSR count). The molecule has 0 saturated heterocycles. The van der Waals surface area contributed by atoms with Crippen LogP contribution in [0.5, 0.6) is 0 Å². The maximum absolute atomic E-state index is 10.7. The van der Waals surface area contributed by atoms with Crippen molar-refractivity contribution in [3.63, 3.8) is 0 Å². The van der Waals surface area contributed by atoms with Crippen LogP contribution in [0.25, 0.3) is 0 Å². The number of hydrogen-bond acceptors (Lipinski definition) is 3. The summed E-state index contributed by atoms with van der Waals surface area (Å²) in [4.78, 5) is 12.8. The third-order valence-corrected chi connectivity index (χ3v) is 3.04. The lowest BCUT2D eigenvalue weighted by atomic mass is 10.2. The molecule has 0 aliphatic carbocycles. The molecule has 0 bridgehead atoms. The zero-order valence-corrected chi connectivity index (χ0v) is 10.7. The van der Waals surface area contributed by atoms with Crippen molar-refractivity contribution in [2.45, 2.75) is 13.3 Å². The molecule has 0 saturated carbocycles. The molecule has 0 aliphatic rings. The van der Waals surface area contributed by atoms with Gasteiger partial charge in [-0.05, 0) is 41.1 Å². The minimum Gasteiger partial charge on any atom is -0.371 e. The molecule has 0 radical (unpaired) electrons. The first-order chi connectivity index (χ1) is 7.72. The van der Waals surface area contributed by atoms with E-state index in [9.17, 15) is 4.79 Å². The normalized spacial score (nSPS) is 9.56. The highest BCUT2D eigenvalue weighted by Gasteiger charge is 2.06. The number of carbonyl (C=O) groups is 1. The molecule has 0 N–H and O–H groups in total. The van der Waals surface area contributed by atoms with Crippen molar-refractivity contribution in [3.05, 3.63) is 28.2 Å². The first-order valence-corrected chi connectivity index (χ1v) is 5.88. The Morgan fingerprint density at radius 1 is 1.56 bits per heavy atom. The van der Waals surface area contributed by atoms with E-state index in [0.717, 1.165) is 23.0 Å². The van der Waals surface area contributed by atoms with Crippen LogP contribution in [-0.4, -0.2) is 19.4 Å². The van der Waals surface area contributed by atoms with Crippen LogP contribution < -0.4 is 4.90 Å². The molecule has 0 aliphatic heterocycles. The average Bonchev–Trinajstić information content (AvgIpc) is 2.30. The second kappa shape index (κ2) is 6.29. The number of benzene rings is 1. The summed E-state index contributed by atoms with van der Waals surface area (Å²) in [6, 6.07) is 7.71. The molecule has 0 amide bonds. The molecule has 0 atom stereocenters. The van der Waals surface area contributed by atoms with E-state index >= 15 is 0 Å². The minimum atomic E-state index is 0.501. The minimum absolute atomic E-state index is 0.501. The van der Waals surface area contributed by atoms with Gasteiger partial charge in [0.1, 0.15) is 0 Å². The monoisotopic (exact) mass is 280 g/mol. The molecule has 0 spiro atoms. The molecule has 4 heteroatoms. The van der Waals surface area contributed by atoms with Crippen molar-refractivity contribution in [2.75, 3.05) is 18.0 Å². The first kappa shape index (κ1) is 12.7. The lowest BCUT2D eigenvalue weighted by molar-refractivity contribution is 0.112. The first-order valence-electron chi connectivity index (χ1n) is 5.09. The van der Waals surface area contributed by atoms with Gasteiger partial charge in [0.05, 0.1) is 12.5 Å². The molecule has 1 aromatic carbocycles. The van der Waals surface area contributed by atoms with Crippen molar-refractivity contribution in [1.82, 2.24) is 0 Å². The molecular weight excluding hydrogens is 268 g/mol. The molecular formula is C12H13BrN2O. The lowest BCUT2D eigenvalue weighted by Gasteiger charge is -2.22. The van der Waals surface area contributed by atoms with Crippen molar-refractivity contribution >= 4 is 27.9 Å². The fourth-order valence-electron chi connectivity index (χ4n) is 1.46. The number of rotatable bonds is 5. The zero-order valence-electron chi connectivity index (χ0n) is 9.11. The predicted molar refractivity (Wildman–Crippen MR) is 67.6 cm³/mol. The lowest BCUT2D eigenvalue weighted by Crippen LogP contribution is -2.23. The fraction of sp³-hybridized carbons (Fsp3) is 0.333. The number of nitriles is 1. The van der Waals surface area contributed by atoms with Gasteiger partial charge in [-0.15, -0.1) is 0 Å². The Balaban J connectivity index is 2.89. The highest BCUT2D eigenvalue weighted by Crippen LogP contribution is 2.23. The fourth-order valence-corrected chi connectivity index (χ4v) is 1.92. The van der Waals surface area contributed by atoms with E-state index in [1.54, 1.807) is 6.07 Å². The van der Waals surface area contributed by atoms with Gasteiger partial charge in [-0.1, -0.05) is 0 Å². The van der Waals surface area contributed by atoms with E-state index in [1.165, 1.54) is 0 Å². The van der Waals surface area contributed by atoms with Crippen molar-refractivity contribution in [1.29, 1.82) is 5.26 Å². The average molecular weight is 281 g/mol. The summed E-state index contributed by atoms with van der Waals surface area (Å²) in [5.74, 6) is 0. The van der Waals surface area contributed by atoms with Crippen LogP contribution >= 0.6 is 15.9 Å². The van der Waals surface area contributed by atoms with Crippen molar-refractivity contribution in [2.24, 2.45) is 0 Å². The molecule has 0 unspecified atom stereocenters. The second-order valence-electron chi connectivity index (χ2n) is 3.31. The summed E-state index contributed by atoms with van der Waals surface area (Å²) in [5, 5.41) is 8.56. The third-order valence-electron chi connectivity index (χ3n) is 2.35. The maximum atomic E-state index is 10.7. The van der Waals surface area contributed by atoms with Gasteiger partial charge in [0.15, 0.2) is 6.29 Å². The summed E-state index contributed by atoms with van der Waals surface area (Å²) in [7, 11) is 0. The summed E-state index contributed by atoms with van der Waals surface area (Å²) in [5.41, 5.74) is 1.66. The van der Waals surface area contributed by atoms with Crippen LogP contribution in [0.15, 0.2) is 22.7 Å². The van der Waals surface area contributed by atoms with E-state index < -0.39 is 0 Å². The molecule has 0 fully saturated rings. The Labute approximate surface area is 104 Å².